The lowest BCUT2D eigenvalue weighted by Crippen LogP contribution is -2.46. The lowest BCUT2D eigenvalue weighted by molar-refractivity contribution is -0.101. The topological polar surface area (TPSA) is 121 Å². The van der Waals surface area contributed by atoms with Crippen molar-refractivity contribution in [1.29, 1.82) is 0 Å². The first kappa shape index (κ1) is 18.2. The van der Waals surface area contributed by atoms with Crippen LogP contribution in [0.5, 0.6) is 0 Å². The Bertz CT molecular complexity index is 582. The van der Waals surface area contributed by atoms with Crippen molar-refractivity contribution >= 4 is 0 Å². The largest absolute Gasteiger partial charge is 0.509 e. The zero-order valence-electron chi connectivity index (χ0n) is 13.0. The van der Waals surface area contributed by atoms with Gasteiger partial charge in [0.15, 0.2) is 0 Å². The Balaban J connectivity index is 2.12. The van der Waals surface area contributed by atoms with E-state index >= 15 is 0 Å². The Morgan fingerprint density at radius 3 is 1.33 bits per heavy atom. The molecule has 0 amide bonds. The second-order valence-electron chi connectivity index (χ2n) is 5.67. The lowest BCUT2D eigenvalue weighted by Gasteiger charge is -2.27. The van der Waals surface area contributed by atoms with Crippen LogP contribution in [0.15, 0.2) is 71.3 Å². The van der Waals surface area contributed by atoms with Gasteiger partial charge >= 0.3 is 0 Å². The summed E-state index contributed by atoms with van der Waals surface area (Å²) in [6.07, 6.45) is 6.95. The molecule has 0 saturated heterocycles. The highest BCUT2D eigenvalue weighted by atomic mass is 16.4. The Hall–Kier alpha value is -2.12. The van der Waals surface area contributed by atoms with Crippen LogP contribution in [-0.4, -0.2) is 55.1 Å². The molecule has 0 spiro atoms. The van der Waals surface area contributed by atoms with Gasteiger partial charge in [0.25, 0.3) is 0 Å². The smallest absolute Gasteiger partial charge is 0.139 e. The number of aliphatic hydroxyl groups is 6. The molecule has 0 aromatic heterocycles. The van der Waals surface area contributed by atoms with Crippen molar-refractivity contribution in [3.63, 3.8) is 0 Å². The van der Waals surface area contributed by atoms with Gasteiger partial charge in [0.1, 0.15) is 35.9 Å². The summed E-state index contributed by atoms with van der Waals surface area (Å²) in [5.41, 5.74) is 0.794. The maximum atomic E-state index is 10.0. The molecule has 2 aliphatic carbocycles. The molecule has 6 nitrogen and oxygen atoms in total. The van der Waals surface area contributed by atoms with Gasteiger partial charge in [0, 0.05) is 0 Å². The maximum Gasteiger partial charge on any atom is 0.139 e. The van der Waals surface area contributed by atoms with Crippen LogP contribution in [0.25, 0.3) is 0 Å². The highest BCUT2D eigenvalue weighted by Crippen LogP contribution is 2.23. The number of hydrogen-bond donors (Lipinski definition) is 6. The fourth-order valence-electron chi connectivity index (χ4n) is 2.48. The van der Waals surface area contributed by atoms with Crippen molar-refractivity contribution in [1.82, 2.24) is 0 Å². The van der Waals surface area contributed by atoms with Crippen LogP contribution in [0.3, 0.4) is 0 Å². The third-order valence-corrected chi connectivity index (χ3v) is 3.98. The minimum absolute atomic E-state index is 0.372. The van der Waals surface area contributed by atoms with Crippen LogP contribution >= 0.6 is 0 Å². The third kappa shape index (κ3) is 4.04. The molecule has 6 heteroatoms. The van der Waals surface area contributed by atoms with Crippen LogP contribution in [0, 0.1) is 0 Å². The van der Waals surface area contributed by atoms with E-state index in [1.165, 1.54) is 0 Å². The van der Waals surface area contributed by atoms with Gasteiger partial charge in [0.05, 0.1) is 0 Å². The molecule has 4 atom stereocenters. The van der Waals surface area contributed by atoms with Gasteiger partial charge in [-0.05, 0) is 24.0 Å². The fraction of sp³-hybridized carbons (Fsp3) is 0.333. The Labute approximate surface area is 140 Å². The summed E-state index contributed by atoms with van der Waals surface area (Å²) in [5.74, 6) is -0.969. The van der Waals surface area contributed by atoms with Crippen molar-refractivity contribution < 1.29 is 30.6 Å². The Morgan fingerprint density at radius 2 is 1.04 bits per heavy atom. The summed E-state index contributed by atoms with van der Waals surface area (Å²) in [4.78, 5) is 0. The summed E-state index contributed by atoms with van der Waals surface area (Å²) >= 11 is 0. The number of hydrogen-bond acceptors (Lipinski definition) is 6. The Kier molecular flexibility index (Phi) is 6.16. The van der Waals surface area contributed by atoms with Crippen molar-refractivity contribution in [2.24, 2.45) is 0 Å². The molecule has 0 aliphatic heterocycles. The first-order valence-corrected chi connectivity index (χ1v) is 7.66. The van der Waals surface area contributed by atoms with Crippen LogP contribution < -0.4 is 0 Å². The SMILES string of the molecule is OC(=C1C=CC=CC1)[C@@H](O)[C@@H](O)[C@H](O)[C@@H](O)C(O)=C1C=CC=CC1. The van der Waals surface area contributed by atoms with E-state index in [0.29, 0.717) is 24.0 Å². The van der Waals surface area contributed by atoms with Gasteiger partial charge in [-0.1, -0.05) is 48.6 Å². The van der Waals surface area contributed by atoms with Gasteiger partial charge in [0.2, 0.25) is 0 Å². The summed E-state index contributed by atoms with van der Waals surface area (Å²) in [6, 6.07) is 0. The number of allylic oxidation sites excluding steroid dienone is 10. The molecule has 6 N–H and O–H groups in total. The summed E-state index contributed by atoms with van der Waals surface area (Å²) < 4.78 is 0. The molecule has 0 fully saturated rings. The number of aliphatic hydroxyl groups excluding tert-OH is 6. The van der Waals surface area contributed by atoms with E-state index in [0.717, 1.165) is 0 Å². The fourth-order valence-corrected chi connectivity index (χ4v) is 2.48. The highest BCUT2D eigenvalue weighted by Gasteiger charge is 2.35. The molecule has 130 valence electrons. The molecule has 0 heterocycles. The molecule has 0 aromatic rings. The predicted molar refractivity (Wildman–Crippen MR) is 89.1 cm³/mol. The Morgan fingerprint density at radius 1 is 0.667 bits per heavy atom. The van der Waals surface area contributed by atoms with Crippen molar-refractivity contribution in [2.45, 2.75) is 37.3 Å². The van der Waals surface area contributed by atoms with Crippen LogP contribution in [0.4, 0.5) is 0 Å². The van der Waals surface area contributed by atoms with Crippen molar-refractivity contribution in [3.05, 3.63) is 71.3 Å². The lowest BCUT2D eigenvalue weighted by atomic mass is 9.94. The van der Waals surface area contributed by atoms with E-state index in [1.807, 2.05) is 0 Å². The molecule has 2 rings (SSSR count). The second-order valence-corrected chi connectivity index (χ2v) is 5.67. The monoisotopic (exact) mass is 334 g/mol. The molecule has 0 radical (unpaired) electrons. The van der Waals surface area contributed by atoms with Crippen LogP contribution in [0.2, 0.25) is 0 Å². The highest BCUT2D eigenvalue weighted by molar-refractivity contribution is 5.34. The molecule has 0 unspecified atom stereocenters. The summed E-state index contributed by atoms with van der Waals surface area (Å²) in [5, 5.41) is 60.2. The zero-order valence-corrected chi connectivity index (χ0v) is 13.0. The molecule has 0 bridgehead atoms. The summed E-state index contributed by atoms with van der Waals surface area (Å²) in [7, 11) is 0. The average Bonchev–Trinajstić information content (AvgIpc) is 2.65. The predicted octanol–water partition coefficient (Wildman–Crippen LogP) is 1.09. The van der Waals surface area contributed by atoms with E-state index in [4.69, 9.17) is 0 Å². The summed E-state index contributed by atoms with van der Waals surface area (Å²) in [6.45, 7) is 0. The maximum absolute atomic E-state index is 10.0. The quantitative estimate of drug-likeness (QED) is 0.419. The molecular weight excluding hydrogens is 312 g/mol. The minimum atomic E-state index is -1.88. The first-order valence-electron chi connectivity index (χ1n) is 7.66. The van der Waals surface area contributed by atoms with Crippen LogP contribution in [-0.2, 0) is 0 Å². The molecular formula is C18H22O6. The van der Waals surface area contributed by atoms with Gasteiger partial charge in [-0.3, -0.25) is 0 Å². The van der Waals surface area contributed by atoms with E-state index in [-0.39, 0.29) is 0 Å². The molecule has 0 aromatic carbocycles. The van der Waals surface area contributed by atoms with E-state index in [1.54, 1.807) is 48.6 Å². The molecule has 0 saturated carbocycles. The van der Waals surface area contributed by atoms with Gasteiger partial charge in [-0.2, -0.15) is 0 Å². The second kappa shape index (κ2) is 8.12. The normalized spacial score (nSPS) is 26.0. The van der Waals surface area contributed by atoms with Gasteiger partial charge in [-0.25, -0.2) is 0 Å². The van der Waals surface area contributed by atoms with E-state index in [2.05, 4.69) is 0 Å². The molecule has 2 aliphatic rings. The van der Waals surface area contributed by atoms with E-state index in [9.17, 15) is 30.6 Å². The van der Waals surface area contributed by atoms with Crippen LogP contribution in [0.1, 0.15) is 12.8 Å². The van der Waals surface area contributed by atoms with Crippen molar-refractivity contribution in [3.8, 4) is 0 Å². The van der Waals surface area contributed by atoms with Gasteiger partial charge < -0.3 is 30.6 Å². The van der Waals surface area contributed by atoms with Crippen molar-refractivity contribution in [2.75, 3.05) is 0 Å². The standard InChI is InChI=1S/C18H22O6/c19-13(11-7-3-1-4-8-11)15(21)17(23)18(24)16(22)14(20)12-9-5-2-6-10-12/h1-7,9,15-24H,8,10H2/t15-,16+,17-,18-/m1/s1. The zero-order chi connectivity index (χ0) is 17.7. The first-order chi connectivity index (χ1) is 11.4. The molecule has 24 heavy (non-hydrogen) atoms. The van der Waals surface area contributed by atoms with E-state index < -0.39 is 35.9 Å². The minimum Gasteiger partial charge on any atom is -0.509 e. The van der Waals surface area contributed by atoms with Gasteiger partial charge in [-0.15, -0.1) is 0 Å². The number of rotatable bonds is 5. The average molecular weight is 334 g/mol. The third-order valence-electron chi connectivity index (χ3n) is 3.98.